The summed E-state index contributed by atoms with van der Waals surface area (Å²) in [6.07, 6.45) is -2.80. The van der Waals surface area contributed by atoms with E-state index in [1.807, 2.05) is 0 Å². The zero-order valence-corrected chi connectivity index (χ0v) is 12.9. The SMILES string of the molecule is O=C(O)C1CCN(C(=O)[C@H]2C[C@@H]2c2ccc(C(F)(F)F)cc2)CC1. The maximum atomic E-state index is 12.6. The number of hydrogen-bond donors (Lipinski definition) is 1. The normalized spacial score (nSPS) is 24.7. The molecule has 0 bridgehead atoms. The lowest BCUT2D eigenvalue weighted by Gasteiger charge is -2.30. The number of aliphatic carboxylic acids is 1. The Kier molecular flexibility index (Phi) is 4.27. The van der Waals surface area contributed by atoms with Gasteiger partial charge in [0.2, 0.25) is 5.91 Å². The fraction of sp³-hybridized carbons (Fsp3) is 0.529. The molecule has 1 saturated carbocycles. The number of nitrogens with zero attached hydrogens (tertiary/aromatic N) is 1. The maximum absolute atomic E-state index is 12.6. The van der Waals surface area contributed by atoms with Gasteiger partial charge < -0.3 is 10.0 Å². The van der Waals surface area contributed by atoms with Gasteiger partial charge in [0.05, 0.1) is 11.5 Å². The molecule has 7 heteroatoms. The van der Waals surface area contributed by atoms with Crippen molar-refractivity contribution in [1.82, 2.24) is 4.90 Å². The lowest BCUT2D eigenvalue weighted by molar-refractivity contribution is -0.146. The monoisotopic (exact) mass is 341 g/mol. The summed E-state index contributed by atoms with van der Waals surface area (Å²) in [5.41, 5.74) is 0.0623. The Morgan fingerprint density at radius 2 is 1.67 bits per heavy atom. The number of likely N-dealkylation sites (tertiary alicyclic amines) is 1. The van der Waals surface area contributed by atoms with E-state index in [0.717, 1.165) is 17.7 Å². The van der Waals surface area contributed by atoms with E-state index in [1.54, 1.807) is 4.90 Å². The average Bonchev–Trinajstić information content (AvgIpc) is 3.34. The van der Waals surface area contributed by atoms with E-state index in [9.17, 15) is 22.8 Å². The second-order valence-corrected chi connectivity index (χ2v) is 6.51. The van der Waals surface area contributed by atoms with E-state index in [-0.39, 0.29) is 23.7 Å². The number of benzene rings is 1. The molecule has 0 aromatic heterocycles. The summed E-state index contributed by atoms with van der Waals surface area (Å²) in [7, 11) is 0. The van der Waals surface area contributed by atoms with Crippen LogP contribution >= 0.6 is 0 Å². The first kappa shape index (κ1) is 16.8. The number of halogens is 3. The Bertz CT molecular complexity index is 633. The number of carboxylic acids is 1. The summed E-state index contributed by atoms with van der Waals surface area (Å²) < 4.78 is 37.7. The van der Waals surface area contributed by atoms with Crippen LogP contribution in [0.2, 0.25) is 0 Å². The van der Waals surface area contributed by atoms with Crippen LogP contribution < -0.4 is 0 Å². The molecule has 1 aromatic rings. The van der Waals surface area contributed by atoms with Gasteiger partial charge in [-0.25, -0.2) is 0 Å². The molecule has 2 atom stereocenters. The summed E-state index contributed by atoms with van der Waals surface area (Å²) in [6, 6.07) is 4.98. The molecule has 1 N–H and O–H groups in total. The molecule has 1 aromatic carbocycles. The van der Waals surface area contributed by atoms with Gasteiger partial charge in [0, 0.05) is 19.0 Å². The van der Waals surface area contributed by atoms with Gasteiger partial charge in [0.25, 0.3) is 0 Å². The highest BCUT2D eigenvalue weighted by atomic mass is 19.4. The zero-order valence-electron chi connectivity index (χ0n) is 12.9. The van der Waals surface area contributed by atoms with Gasteiger partial charge in [0.15, 0.2) is 0 Å². The van der Waals surface area contributed by atoms with Crippen molar-refractivity contribution < 1.29 is 27.9 Å². The highest BCUT2D eigenvalue weighted by Crippen LogP contribution is 2.49. The molecule has 1 aliphatic carbocycles. The summed E-state index contributed by atoms with van der Waals surface area (Å²) in [5, 5.41) is 8.97. The summed E-state index contributed by atoms with van der Waals surface area (Å²) in [6.45, 7) is 0.873. The molecule has 3 rings (SSSR count). The standard InChI is InChI=1S/C17H18F3NO3/c18-17(19,20)12-3-1-10(2-4-12)13-9-14(13)15(22)21-7-5-11(6-8-21)16(23)24/h1-4,11,13-14H,5-9H2,(H,23,24)/t13-,14+/m1/s1. The molecule has 1 saturated heterocycles. The molecular weight excluding hydrogens is 323 g/mol. The molecule has 130 valence electrons. The zero-order chi connectivity index (χ0) is 17.5. The van der Waals surface area contributed by atoms with Crippen LogP contribution in [0, 0.1) is 11.8 Å². The van der Waals surface area contributed by atoms with Gasteiger partial charge in [0.1, 0.15) is 0 Å². The molecule has 2 fully saturated rings. The number of alkyl halides is 3. The molecule has 1 aliphatic heterocycles. The van der Waals surface area contributed by atoms with Gasteiger partial charge in [-0.2, -0.15) is 13.2 Å². The van der Waals surface area contributed by atoms with Gasteiger partial charge >= 0.3 is 12.1 Å². The number of piperidine rings is 1. The smallest absolute Gasteiger partial charge is 0.416 e. The van der Waals surface area contributed by atoms with E-state index >= 15 is 0 Å². The molecule has 0 unspecified atom stereocenters. The molecule has 2 aliphatic rings. The number of hydrogen-bond acceptors (Lipinski definition) is 2. The average molecular weight is 341 g/mol. The van der Waals surface area contributed by atoms with Crippen LogP contribution in [-0.2, 0) is 15.8 Å². The molecule has 0 radical (unpaired) electrons. The van der Waals surface area contributed by atoms with E-state index in [1.165, 1.54) is 12.1 Å². The quantitative estimate of drug-likeness (QED) is 0.919. The number of carbonyl (C=O) groups excluding carboxylic acids is 1. The van der Waals surface area contributed by atoms with Gasteiger partial charge in [-0.15, -0.1) is 0 Å². The van der Waals surface area contributed by atoms with Gasteiger partial charge in [-0.1, -0.05) is 12.1 Å². The highest BCUT2D eigenvalue weighted by Gasteiger charge is 2.46. The topological polar surface area (TPSA) is 57.6 Å². The molecule has 1 heterocycles. The third-order valence-electron chi connectivity index (χ3n) is 4.93. The van der Waals surface area contributed by atoms with Crippen molar-refractivity contribution in [3.63, 3.8) is 0 Å². The van der Waals surface area contributed by atoms with E-state index < -0.39 is 17.7 Å². The maximum Gasteiger partial charge on any atom is 0.416 e. The van der Waals surface area contributed by atoms with Crippen molar-refractivity contribution in [2.75, 3.05) is 13.1 Å². The van der Waals surface area contributed by atoms with Crippen LogP contribution in [0.5, 0.6) is 0 Å². The first-order valence-corrected chi connectivity index (χ1v) is 7.96. The van der Waals surface area contributed by atoms with Crippen molar-refractivity contribution in [2.24, 2.45) is 11.8 Å². The van der Waals surface area contributed by atoms with Crippen LogP contribution in [0.1, 0.15) is 36.3 Å². The Labute approximate surface area is 137 Å². The molecule has 0 spiro atoms. The number of carboxylic acid groups (broad SMARTS) is 1. The highest BCUT2D eigenvalue weighted by molar-refractivity contribution is 5.83. The largest absolute Gasteiger partial charge is 0.481 e. The minimum Gasteiger partial charge on any atom is -0.481 e. The summed E-state index contributed by atoms with van der Waals surface area (Å²) >= 11 is 0. The van der Waals surface area contributed by atoms with Crippen LogP contribution in [-0.4, -0.2) is 35.0 Å². The first-order chi connectivity index (χ1) is 11.3. The summed E-state index contributed by atoms with van der Waals surface area (Å²) in [5.74, 6) is -1.45. The Hall–Kier alpha value is -2.05. The molecule has 4 nitrogen and oxygen atoms in total. The fourth-order valence-corrected chi connectivity index (χ4v) is 3.34. The van der Waals surface area contributed by atoms with Gasteiger partial charge in [-0.3, -0.25) is 9.59 Å². The number of rotatable bonds is 3. The molecular formula is C17H18F3NO3. The van der Waals surface area contributed by atoms with Crippen molar-refractivity contribution >= 4 is 11.9 Å². The fourth-order valence-electron chi connectivity index (χ4n) is 3.34. The van der Waals surface area contributed by atoms with Crippen LogP contribution in [0.3, 0.4) is 0 Å². The third-order valence-corrected chi connectivity index (χ3v) is 4.93. The Morgan fingerprint density at radius 3 is 2.17 bits per heavy atom. The number of carbonyl (C=O) groups is 2. The summed E-state index contributed by atoms with van der Waals surface area (Å²) in [4.78, 5) is 25.1. The lowest BCUT2D eigenvalue weighted by atomic mass is 9.96. The van der Waals surface area contributed by atoms with E-state index in [4.69, 9.17) is 5.11 Å². The second-order valence-electron chi connectivity index (χ2n) is 6.51. The third kappa shape index (κ3) is 3.39. The minimum atomic E-state index is -4.36. The molecule has 1 amide bonds. The first-order valence-electron chi connectivity index (χ1n) is 7.96. The number of amides is 1. The van der Waals surface area contributed by atoms with Crippen LogP contribution in [0.15, 0.2) is 24.3 Å². The predicted octanol–water partition coefficient (Wildman–Crippen LogP) is 3.13. The lowest BCUT2D eigenvalue weighted by Crippen LogP contribution is -2.41. The van der Waals surface area contributed by atoms with Crippen LogP contribution in [0.4, 0.5) is 13.2 Å². The van der Waals surface area contributed by atoms with Crippen LogP contribution in [0.25, 0.3) is 0 Å². The minimum absolute atomic E-state index is 0.0104. The molecule has 24 heavy (non-hydrogen) atoms. The predicted molar refractivity (Wildman–Crippen MR) is 79.2 cm³/mol. The Balaban J connectivity index is 1.57. The van der Waals surface area contributed by atoms with E-state index in [0.29, 0.717) is 32.4 Å². The van der Waals surface area contributed by atoms with E-state index in [2.05, 4.69) is 0 Å². The van der Waals surface area contributed by atoms with Crippen molar-refractivity contribution in [2.45, 2.75) is 31.4 Å². The second kappa shape index (κ2) is 6.11. The van der Waals surface area contributed by atoms with Crippen molar-refractivity contribution in [3.05, 3.63) is 35.4 Å². The van der Waals surface area contributed by atoms with Crippen molar-refractivity contribution in [1.29, 1.82) is 0 Å². The van der Waals surface area contributed by atoms with Crippen molar-refractivity contribution in [3.8, 4) is 0 Å². The van der Waals surface area contributed by atoms with Gasteiger partial charge in [-0.05, 0) is 42.9 Å². The Morgan fingerprint density at radius 1 is 1.08 bits per heavy atom.